The summed E-state index contributed by atoms with van der Waals surface area (Å²) in [6.07, 6.45) is 10.9. The third kappa shape index (κ3) is 3.54. The molecule has 0 atom stereocenters. The van der Waals surface area contributed by atoms with E-state index in [2.05, 4.69) is 4.98 Å². The molecule has 112 valence electrons. The lowest BCUT2D eigenvalue weighted by atomic mass is 10.2. The maximum atomic E-state index is 12.3. The highest BCUT2D eigenvalue weighted by Crippen LogP contribution is 2.03. The molecule has 0 N–H and O–H groups in total. The molecule has 0 radical (unpaired) electrons. The number of pyridine rings is 1. The van der Waals surface area contributed by atoms with Crippen LogP contribution in [0.3, 0.4) is 0 Å². The first-order chi connectivity index (χ1) is 10.3. The van der Waals surface area contributed by atoms with Crippen molar-refractivity contribution < 1.29 is 0 Å². The van der Waals surface area contributed by atoms with Crippen molar-refractivity contribution >= 4 is 18.5 Å². The van der Waals surface area contributed by atoms with Crippen molar-refractivity contribution in [3.05, 3.63) is 89.4 Å². The van der Waals surface area contributed by atoms with Crippen molar-refractivity contribution in [2.24, 2.45) is 0 Å². The number of aromatic nitrogens is 3. The van der Waals surface area contributed by atoms with Crippen LogP contribution in [0.2, 0.25) is 0 Å². The van der Waals surface area contributed by atoms with Crippen LogP contribution >= 0.6 is 12.4 Å². The van der Waals surface area contributed by atoms with E-state index in [4.69, 9.17) is 0 Å². The highest BCUT2D eigenvalue weighted by atomic mass is 35.5. The lowest BCUT2D eigenvalue weighted by molar-refractivity contribution is 0.760. The van der Waals surface area contributed by atoms with E-state index in [0.29, 0.717) is 6.54 Å². The molecule has 0 aliphatic rings. The zero-order valence-electron chi connectivity index (χ0n) is 11.9. The fourth-order valence-corrected chi connectivity index (χ4v) is 2.11. The predicted octanol–water partition coefficient (Wildman–Crippen LogP) is 3.17. The quantitative estimate of drug-likeness (QED) is 0.742. The lowest BCUT2D eigenvalue weighted by Gasteiger charge is -1.99. The molecule has 0 aliphatic carbocycles. The van der Waals surface area contributed by atoms with Crippen molar-refractivity contribution in [2.45, 2.75) is 6.54 Å². The second-order valence-electron chi connectivity index (χ2n) is 4.63. The maximum absolute atomic E-state index is 12.3. The normalized spacial score (nSPS) is 10.5. The number of benzene rings is 1. The van der Waals surface area contributed by atoms with Gasteiger partial charge in [-0.1, -0.05) is 42.5 Å². The summed E-state index contributed by atoms with van der Waals surface area (Å²) in [5.41, 5.74) is 1.83. The Morgan fingerprint density at radius 2 is 1.86 bits per heavy atom. The van der Waals surface area contributed by atoms with Crippen molar-refractivity contribution in [1.29, 1.82) is 0 Å². The number of imidazole rings is 1. The summed E-state index contributed by atoms with van der Waals surface area (Å²) in [5.74, 6) is 0. The monoisotopic (exact) mass is 313 g/mol. The van der Waals surface area contributed by atoms with Crippen molar-refractivity contribution in [1.82, 2.24) is 14.1 Å². The molecule has 0 aliphatic heterocycles. The zero-order valence-corrected chi connectivity index (χ0v) is 12.7. The van der Waals surface area contributed by atoms with Gasteiger partial charge in [-0.05, 0) is 17.7 Å². The first-order valence-electron chi connectivity index (χ1n) is 6.74. The maximum Gasteiger partial charge on any atom is 0.333 e. The molecule has 0 unspecified atom stereocenters. The van der Waals surface area contributed by atoms with E-state index in [1.165, 1.54) is 0 Å². The van der Waals surface area contributed by atoms with Gasteiger partial charge in [0.05, 0.1) is 11.9 Å². The molecular weight excluding hydrogens is 298 g/mol. The Bertz CT molecular complexity index is 792. The van der Waals surface area contributed by atoms with Gasteiger partial charge in [0.25, 0.3) is 0 Å². The molecule has 1 aromatic carbocycles. The van der Waals surface area contributed by atoms with E-state index >= 15 is 0 Å². The fraction of sp³-hybridized carbons (Fsp3) is 0.0588. The van der Waals surface area contributed by atoms with Gasteiger partial charge in [-0.15, -0.1) is 12.4 Å². The van der Waals surface area contributed by atoms with Crippen molar-refractivity contribution in [3.63, 3.8) is 0 Å². The number of halogens is 1. The van der Waals surface area contributed by atoms with Gasteiger partial charge in [0, 0.05) is 25.1 Å². The highest BCUT2D eigenvalue weighted by molar-refractivity contribution is 5.85. The first kappa shape index (κ1) is 15.8. The van der Waals surface area contributed by atoms with E-state index in [1.54, 1.807) is 33.9 Å². The second kappa shape index (κ2) is 7.43. The third-order valence-corrected chi connectivity index (χ3v) is 3.18. The summed E-state index contributed by atoms with van der Waals surface area (Å²) in [7, 11) is 0. The molecule has 0 spiro atoms. The van der Waals surface area contributed by atoms with Gasteiger partial charge in [0.2, 0.25) is 0 Å². The van der Waals surface area contributed by atoms with Crippen LogP contribution in [0.25, 0.3) is 11.8 Å². The Morgan fingerprint density at radius 3 is 2.59 bits per heavy atom. The van der Waals surface area contributed by atoms with Gasteiger partial charge in [-0.3, -0.25) is 14.1 Å². The fourth-order valence-electron chi connectivity index (χ4n) is 2.11. The molecule has 2 aromatic heterocycles. The molecule has 0 saturated carbocycles. The molecule has 22 heavy (non-hydrogen) atoms. The van der Waals surface area contributed by atoms with Gasteiger partial charge in [0.1, 0.15) is 0 Å². The van der Waals surface area contributed by atoms with Crippen LogP contribution in [0.5, 0.6) is 0 Å². The first-order valence-corrected chi connectivity index (χ1v) is 6.74. The van der Waals surface area contributed by atoms with Gasteiger partial charge in [-0.2, -0.15) is 0 Å². The topological polar surface area (TPSA) is 39.8 Å². The van der Waals surface area contributed by atoms with E-state index in [9.17, 15) is 4.79 Å². The molecule has 0 bridgehead atoms. The predicted molar refractivity (Wildman–Crippen MR) is 90.5 cm³/mol. The average Bonchev–Trinajstić information content (AvgIpc) is 2.90. The van der Waals surface area contributed by atoms with Gasteiger partial charge in [0.15, 0.2) is 0 Å². The smallest absolute Gasteiger partial charge is 0.295 e. The minimum absolute atomic E-state index is 0. The van der Waals surface area contributed by atoms with Crippen LogP contribution in [-0.2, 0) is 6.54 Å². The molecule has 0 amide bonds. The summed E-state index contributed by atoms with van der Waals surface area (Å²) in [6, 6.07) is 13.7. The van der Waals surface area contributed by atoms with E-state index < -0.39 is 0 Å². The van der Waals surface area contributed by atoms with Crippen LogP contribution in [0.4, 0.5) is 0 Å². The summed E-state index contributed by atoms with van der Waals surface area (Å²) < 4.78 is 3.25. The van der Waals surface area contributed by atoms with Gasteiger partial charge in [-0.25, -0.2) is 4.79 Å². The summed E-state index contributed by atoms with van der Waals surface area (Å²) in [6.45, 7) is 0.543. The average molecular weight is 314 g/mol. The number of rotatable bonds is 4. The highest BCUT2D eigenvalue weighted by Gasteiger charge is 2.03. The van der Waals surface area contributed by atoms with Crippen LogP contribution in [0.1, 0.15) is 5.56 Å². The van der Waals surface area contributed by atoms with Crippen LogP contribution in [0, 0.1) is 0 Å². The Labute approximate surface area is 134 Å². The van der Waals surface area contributed by atoms with E-state index in [0.717, 1.165) is 11.3 Å². The molecule has 4 nitrogen and oxygen atoms in total. The molecule has 5 heteroatoms. The molecule has 2 heterocycles. The molecule has 0 saturated heterocycles. The summed E-state index contributed by atoms with van der Waals surface area (Å²) >= 11 is 0. The Kier molecular flexibility index (Phi) is 5.33. The standard InChI is InChI=1S/C17H15N3O.ClH/c21-17-19(11-5-8-15-6-2-1-3-7-15)12-13-20(17)16-9-4-10-18-14-16;/h1-10,12-14H,11H2;1H/b8-5+;. The minimum Gasteiger partial charge on any atom is -0.295 e. The molecule has 0 fully saturated rings. The second-order valence-corrected chi connectivity index (χ2v) is 4.63. The van der Waals surface area contributed by atoms with Crippen LogP contribution in [0.15, 0.2) is 78.1 Å². The van der Waals surface area contributed by atoms with E-state index in [-0.39, 0.29) is 18.1 Å². The summed E-state index contributed by atoms with van der Waals surface area (Å²) in [4.78, 5) is 16.3. The largest absolute Gasteiger partial charge is 0.333 e. The van der Waals surface area contributed by atoms with Crippen molar-refractivity contribution in [2.75, 3.05) is 0 Å². The SMILES string of the molecule is Cl.O=c1n(C/C=C/c2ccccc2)ccn1-c1cccnc1. The molecule has 3 rings (SSSR count). The van der Waals surface area contributed by atoms with Gasteiger partial charge >= 0.3 is 5.69 Å². The number of hydrogen-bond donors (Lipinski definition) is 0. The summed E-state index contributed by atoms with van der Waals surface area (Å²) in [5, 5.41) is 0. The zero-order chi connectivity index (χ0) is 14.5. The third-order valence-electron chi connectivity index (χ3n) is 3.18. The Balaban J connectivity index is 0.00000176. The van der Waals surface area contributed by atoms with E-state index in [1.807, 2.05) is 54.6 Å². The minimum atomic E-state index is -0.0688. The number of hydrogen-bond acceptors (Lipinski definition) is 2. The van der Waals surface area contributed by atoms with Crippen LogP contribution < -0.4 is 5.69 Å². The molecular formula is C17H16ClN3O. The Morgan fingerprint density at radius 1 is 1.05 bits per heavy atom. The number of allylic oxidation sites excluding steroid dienone is 1. The molecule has 3 aromatic rings. The Hall–Kier alpha value is -2.59. The number of nitrogens with zero attached hydrogens (tertiary/aromatic N) is 3. The van der Waals surface area contributed by atoms with Crippen LogP contribution in [-0.4, -0.2) is 14.1 Å². The van der Waals surface area contributed by atoms with Gasteiger partial charge < -0.3 is 0 Å². The van der Waals surface area contributed by atoms with Crippen molar-refractivity contribution in [3.8, 4) is 5.69 Å². The lowest BCUT2D eigenvalue weighted by Crippen LogP contribution is -2.22.